The molecular weight excluding hydrogens is 326 g/mol. The van der Waals surface area contributed by atoms with E-state index in [4.69, 9.17) is 0 Å². The molecule has 2 aromatic rings. The Morgan fingerprint density at radius 2 is 2.00 bits per heavy atom. The lowest BCUT2D eigenvalue weighted by Gasteiger charge is -2.27. The number of rotatable bonds is 4. The molecule has 1 aliphatic rings. The number of benzene rings is 1. The van der Waals surface area contributed by atoms with Crippen LogP contribution in [0.4, 0.5) is 0 Å². The minimum atomic E-state index is -3.24. The number of carbonyl (C=O) groups is 1. The van der Waals surface area contributed by atoms with E-state index in [9.17, 15) is 13.2 Å². The lowest BCUT2D eigenvalue weighted by molar-refractivity contribution is 0.0949. The summed E-state index contributed by atoms with van der Waals surface area (Å²) in [6.45, 7) is 1.09. The average molecular weight is 345 g/mol. The molecule has 0 aliphatic carbocycles. The van der Waals surface area contributed by atoms with E-state index in [2.05, 4.69) is 10.3 Å². The first-order chi connectivity index (χ1) is 11.4. The second kappa shape index (κ2) is 6.70. The molecule has 1 N–H and O–H groups in total. The summed E-state index contributed by atoms with van der Waals surface area (Å²) in [5.74, 6) is -0.184. The minimum Gasteiger partial charge on any atom is -0.348 e. The first-order valence-corrected chi connectivity index (χ1v) is 9.53. The topological polar surface area (TPSA) is 79.4 Å². The third-order valence-electron chi connectivity index (χ3n) is 4.11. The normalized spacial score (nSPS) is 14.9. The summed E-state index contributed by atoms with van der Waals surface area (Å²) in [4.78, 5) is 16.6. The van der Waals surface area contributed by atoms with Crippen molar-refractivity contribution in [2.45, 2.75) is 19.5 Å². The van der Waals surface area contributed by atoms with Gasteiger partial charge in [0.25, 0.3) is 5.91 Å². The van der Waals surface area contributed by atoms with E-state index in [1.54, 1.807) is 12.4 Å². The van der Waals surface area contributed by atoms with Crippen LogP contribution in [-0.2, 0) is 29.5 Å². The molecule has 0 radical (unpaired) electrons. The van der Waals surface area contributed by atoms with Crippen LogP contribution in [0.15, 0.2) is 42.7 Å². The summed E-state index contributed by atoms with van der Waals surface area (Å²) >= 11 is 0. The minimum absolute atomic E-state index is 0.184. The Labute approximate surface area is 141 Å². The average Bonchev–Trinajstić information content (AvgIpc) is 2.58. The van der Waals surface area contributed by atoms with Crippen molar-refractivity contribution >= 4 is 15.9 Å². The number of hydrogen-bond acceptors (Lipinski definition) is 4. The molecule has 1 aromatic heterocycles. The Morgan fingerprint density at radius 1 is 1.25 bits per heavy atom. The summed E-state index contributed by atoms with van der Waals surface area (Å²) in [5.41, 5.74) is 3.22. The summed E-state index contributed by atoms with van der Waals surface area (Å²) in [6, 6.07) is 9.67. The molecule has 0 fully saturated rings. The molecule has 126 valence electrons. The van der Waals surface area contributed by atoms with Crippen LogP contribution in [0.5, 0.6) is 0 Å². The van der Waals surface area contributed by atoms with E-state index in [-0.39, 0.29) is 12.5 Å². The molecule has 0 saturated heterocycles. The number of nitrogens with zero attached hydrogens (tertiary/aromatic N) is 2. The van der Waals surface area contributed by atoms with Gasteiger partial charge in [0.2, 0.25) is 10.0 Å². The molecule has 0 bridgehead atoms. The standard InChI is InChI=1S/C17H19N3O3S/c1-24(22,23)20-8-7-15-14(12-20)10-18-11-16(15)17(21)19-9-13-5-3-2-4-6-13/h2-6,10-11H,7-9,12H2,1H3,(H,19,21). The van der Waals surface area contributed by atoms with Gasteiger partial charge in [-0.3, -0.25) is 9.78 Å². The van der Waals surface area contributed by atoms with Crippen LogP contribution in [0.2, 0.25) is 0 Å². The fourth-order valence-electron chi connectivity index (χ4n) is 2.82. The molecule has 0 atom stereocenters. The highest BCUT2D eigenvalue weighted by atomic mass is 32.2. The molecule has 24 heavy (non-hydrogen) atoms. The predicted octanol–water partition coefficient (Wildman–Crippen LogP) is 1.33. The zero-order valence-electron chi connectivity index (χ0n) is 13.4. The maximum Gasteiger partial charge on any atom is 0.253 e. The van der Waals surface area contributed by atoms with Crippen molar-refractivity contribution < 1.29 is 13.2 Å². The summed E-state index contributed by atoms with van der Waals surface area (Å²) < 4.78 is 24.8. The lowest BCUT2D eigenvalue weighted by Crippen LogP contribution is -2.36. The van der Waals surface area contributed by atoms with E-state index in [0.29, 0.717) is 25.1 Å². The molecule has 7 heteroatoms. The van der Waals surface area contributed by atoms with Crippen LogP contribution in [0.1, 0.15) is 27.0 Å². The zero-order chi connectivity index (χ0) is 17.2. The summed E-state index contributed by atoms with van der Waals surface area (Å²) in [5, 5.41) is 2.90. The van der Waals surface area contributed by atoms with E-state index < -0.39 is 10.0 Å². The number of nitrogens with one attached hydrogen (secondary N) is 1. The van der Waals surface area contributed by atoms with Crippen LogP contribution >= 0.6 is 0 Å². The van der Waals surface area contributed by atoms with Crippen LogP contribution < -0.4 is 5.32 Å². The molecule has 1 aromatic carbocycles. The van der Waals surface area contributed by atoms with Gasteiger partial charge in [-0.2, -0.15) is 4.31 Å². The third kappa shape index (κ3) is 3.63. The molecule has 1 amide bonds. The maximum atomic E-state index is 12.5. The van der Waals surface area contributed by atoms with Gasteiger partial charge in [0.15, 0.2) is 0 Å². The fraction of sp³-hybridized carbons (Fsp3) is 0.294. The van der Waals surface area contributed by atoms with Crippen molar-refractivity contribution in [3.8, 4) is 0 Å². The van der Waals surface area contributed by atoms with Gasteiger partial charge in [-0.25, -0.2) is 8.42 Å². The van der Waals surface area contributed by atoms with Gasteiger partial charge >= 0.3 is 0 Å². The first kappa shape index (κ1) is 16.6. The second-order valence-electron chi connectivity index (χ2n) is 5.84. The maximum absolute atomic E-state index is 12.5. The smallest absolute Gasteiger partial charge is 0.253 e. The van der Waals surface area contributed by atoms with Crippen molar-refractivity contribution in [2.24, 2.45) is 0 Å². The molecule has 3 rings (SSSR count). The number of hydrogen-bond donors (Lipinski definition) is 1. The number of aromatic nitrogens is 1. The van der Waals surface area contributed by atoms with E-state index in [0.717, 1.165) is 16.7 Å². The molecule has 2 heterocycles. The highest BCUT2D eigenvalue weighted by Crippen LogP contribution is 2.23. The number of carbonyl (C=O) groups excluding carboxylic acids is 1. The van der Waals surface area contributed by atoms with E-state index >= 15 is 0 Å². The van der Waals surface area contributed by atoms with Gasteiger partial charge in [0.05, 0.1) is 11.8 Å². The number of pyridine rings is 1. The SMILES string of the molecule is CS(=O)(=O)N1CCc2c(cncc2C(=O)NCc2ccccc2)C1. The first-order valence-electron chi connectivity index (χ1n) is 7.68. The van der Waals surface area contributed by atoms with Gasteiger partial charge in [0.1, 0.15) is 0 Å². The highest BCUT2D eigenvalue weighted by molar-refractivity contribution is 7.88. The molecule has 1 aliphatic heterocycles. The Balaban J connectivity index is 1.77. The molecule has 6 nitrogen and oxygen atoms in total. The van der Waals surface area contributed by atoms with Gasteiger partial charge < -0.3 is 5.32 Å². The quantitative estimate of drug-likeness (QED) is 0.907. The van der Waals surface area contributed by atoms with Gasteiger partial charge in [0, 0.05) is 32.0 Å². The number of fused-ring (bicyclic) bond motifs is 1. The van der Waals surface area contributed by atoms with Crippen molar-refractivity contribution in [3.63, 3.8) is 0 Å². The molecule has 0 unspecified atom stereocenters. The number of amides is 1. The zero-order valence-corrected chi connectivity index (χ0v) is 14.2. The Morgan fingerprint density at radius 3 is 2.71 bits per heavy atom. The van der Waals surface area contributed by atoms with Crippen LogP contribution in [-0.4, -0.2) is 36.4 Å². The Bertz CT molecular complexity index is 851. The van der Waals surface area contributed by atoms with E-state index in [1.807, 2.05) is 30.3 Å². The van der Waals surface area contributed by atoms with E-state index in [1.165, 1.54) is 10.6 Å². The lowest BCUT2D eigenvalue weighted by atomic mass is 9.98. The van der Waals surface area contributed by atoms with Crippen molar-refractivity contribution in [3.05, 3.63) is 65.0 Å². The highest BCUT2D eigenvalue weighted by Gasteiger charge is 2.26. The molecule has 0 saturated carbocycles. The molecular formula is C17H19N3O3S. The van der Waals surface area contributed by atoms with Crippen molar-refractivity contribution in [1.82, 2.24) is 14.6 Å². The third-order valence-corrected chi connectivity index (χ3v) is 5.36. The van der Waals surface area contributed by atoms with Gasteiger partial charge in [-0.05, 0) is 23.1 Å². The fourth-order valence-corrected chi connectivity index (χ4v) is 3.62. The van der Waals surface area contributed by atoms with Gasteiger partial charge in [-0.1, -0.05) is 30.3 Å². The summed E-state index contributed by atoms with van der Waals surface area (Å²) in [6.07, 6.45) is 4.90. The van der Waals surface area contributed by atoms with Crippen molar-refractivity contribution in [1.29, 1.82) is 0 Å². The molecule has 0 spiro atoms. The second-order valence-corrected chi connectivity index (χ2v) is 7.82. The van der Waals surface area contributed by atoms with Gasteiger partial charge in [-0.15, -0.1) is 0 Å². The largest absolute Gasteiger partial charge is 0.348 e. The van der Waals surface area contributed by atoms with Crippen LogP contribution in [0.25, 0.3) is 0 Å². The van der Waals surface area contributed by atoms with Crippen molar-refractivity contribution in [2.75, 3.05) is 12.8 Å². The monoisotopic (exact) mass is 345 g/mol. The summed E-state index contributed by atoms with van der Waals surface area (Å²) in [7, 11) is -3.24. The van der Waals surface area contributed by atoms with Crippen LogP contribution in [0.3, 0.4) is 0 Å². The Hall–Kier alpha value is -2.25. The number of sulfonamides is 1. The Kier molecular flexibility index (Phi) is 4.64. The predicted molar refractivity (Wildman–Crippen MR) is 90.8 cm³/mol. The van der Waals surface area contributed by atoms with Crippen LogP contribution in [0, 0.1) is 0 Å².